The van der Waals surface area contributed by atoms with E-state index in [1.165, 1.54) is 24.3 Å². The maximum Gasteiger partial charge on any atom is 0.407 e. The molecule has 0 aliphatic carbocycles. The fourth-order valence-electron chi connectivity index (χ4n) is 4.74. The molecular weight excluding hydrogens is 608 g/mol. The summed E-state index contributed by atoms with van der Waals surface area (Å²) in [6.07, 6.45) is -0.300. The van der Waals surface area contributed by atoms with Crippen molar-refractivity contribution in [3.05, 3.63) is 78.1 Å². The number of ether oxygens (including phenoxy) is 2. The number of alkyl carbamates (subject to hydrolysis) is 2. The van der Waals surface area contributed by atoms with Crippen LogP contribution >= 0.6 is 0 Å². The molecule has 0 spiro atoms. The third-order valence-electron chi connectivity index (χ3n) is 6.77. The standard InChI is InChI=1S/C35H41F2N5O5/c1-34(2,3)46-32(44)38-17-7-8-26(40-33(45)47-35(4,5)6)20-39-31(43)30-41-28-19-23(21-9-13-24(36)14-10-21)18-27(29(28)42-30)22-11-15-25(37)16-12-22/h9-16,18-19,26H,7-8,17,20H2,1-6H3,(H,38,44)(H,39,43)(H,40,45)(H,41,42)/t26-/m0/s1. The molecule has 0 saturated carbocycles. The number of fused-ring (bicyclic) bond motifs is 1. The highest BCUT2D eigenvalue weighted by Gasteiger charge is 2.22. The van der Waals surface area contributed by atoms with Crippen LogP contribution in [0.3, 0.4) is 0 Å². The lowest BCUT2D eigenvalue weighted by Gasteiger charge is -2.24. The number of carbonyl (C=O) groups is 3. The van der Waals surface area contributed by atoms with Gasteiger partial charge in [0.1, 0.15) is 22.8 Å². The van der Waals surface area contributed by atoms with E-state index in [-0.39, 0.29) is 24.0 Å². The molecule has 250 valence electrons. The number of aromatic amines is 1. The van der Waals surface area contributed by atoms with E-state index in [1.807, 2.05) is 6.07 Å². The van der Waals surface area contributed by atoms with Crippen LogP contribution in [0.4, 0.5) is 18.4 Å². The fraction of sp³-hybridized carbons (Fsp3) is 0.371. The van der Waals surface area contributed by atoms with Crippen molar-refractivity contribution in [2.75, 3.05) is 13.1 Å². The predicted molar refractivity (Wildman–Crippen MR) is 176 cm³/mol. The van der Waals surface area contributed by atoms with E-state index >= 15 is 0 Å². The lowest BCUT2D eigenvalue weighted by atomic mass is 9.97. The van der Waals surface area contributed by atoms with Gasteiger partial charge in [-0.15, -0.1) is 0 Å². The van der Waals surface area contributed by atoms with Gasteiger partial charge in [-0.05, 0) is 107 Å². The Kier molecular flexibility index (Phi) is 10.8. The summed E-state index contributed by atoms with van der Waals surface area (Å²) in [6, 6.07) is 15.1. The summed E-state index contributed by atoms with van der Waals surface area (Å²) in [6.45, 7) is 10.9. The third-order valence-corrected chi connectivity index (χ3v) is 6.77. The second-order valence-corrected chi connectivity index (χ2v) is 13.1. The molecule has 1 heterocycles. The molecule has 47 heavy (non-hydrogen) atoms. The summed E-state index contributed by atoms with van der Waals surface area (Å²) in [5.41, 5.74) is 2.53. The van der Waals surface area contributed by atoms with Crippen LogP contribution in [0.1, 0.15) is 65.0 Å². The number of hydrogen-bond donors (Lipinski definition) is 4. The summed E-state index contributed by atoms with van der Waals surface area (Å²) >= 11 is 0. The van der Waals surface area contributed by atoms with Gasteiger partial charge in [0.2, 0.25) is 0 Å². The zero-order valence-corrected chi connectivity index (χ0v) is 27.4. The average molecular weight is 650 g/mol. The van der Waals surface area contributed by atoms with Crippen LogP contribution in [0.2, 0.25) is 0 Å². The Hall–Kier alpha value is -5.00. The minimum atomic E-state index is -0.723. The predicted octanol–water partition coefficient (Wildman–Crippen LogP) is 7.10. The molecule has 1 atom stereocenters. The Morgan fingerprint density at radius 1 is 0.787 bits per heavy atom. The number of imidazole rings is 1. The molecule has 0 radical (unpaired) electrons. The van der Waals surface area contributed by atoms with E-state index in [2.05, 4.69) is 25.9 Å². The highest BCUT2D eigenvalue weighted by Crippen LogP contribution is 2.33. The molecular formula is C35H41F2N5O5. The van der Waals surface area contributed by atoms with Crippen molar-refractivity contribution >= 4 is 29.1 Å². The second kappa shape index (κ2) is 14.6. The smallest absolute Gasteiger partial charge is 0.407 e. The van der Waals surface area contributed by atoms with E-state index in [1.54, 1.807) is 71.9 Å². The monoisotopic (exact) mass is 649 g/mol. The Morgan fingerprint density at radius 3 is 1.96 bits per heavy atom. The molecule has 0 aliphatic rings. The summed E-state index contributed by atoms with van der Waals surface area (Å²) in [5, 5.41) is 8.30. The molecule has 0 unspecified atom stereocenters. The van der Waals surface area contributed by atoms with E-state index in [0.717, 1.165) is 11.1 Å². The van der Waals surface area contributed by atoms with Crippen LogP contribution in [0, 0.1) is 11.6 Å². The topological polar surface area (TPSA) is 134 Å². The van der Waals surface area contributed by atoms with Gasteiger partial charge in [0.15, 0.2) is 5.82 Å². The summed E-state index contributed by atoms with van der Waals surface area (Å²) in [5.74, 6) is -1.25. The first-order valence-electron chi connectivity index (χ1n) is 15.4. The number of H-pyrrole nitrogens is 1. The van der Waals surface area contributed by atoms with E-state index in [0.29, 0.717) is 41.5 Å². The van der Waals surface area contributed by atoms with Crippen molar-refractivity contribution in [1.82, 2.24) is 25.9 Å². The Morgan fingerprint density at radius 2 is 1.36 bits per heavy atom. The lowest BCUT2D eigenvalue weighted by molar-refractivity contribution is 0.0487. The van der Waals surface area contributed by atoms with Gasteiger partial charge in [0, 0.05) is 24.7 Å². The van der Waals surface area contributed by atoms with Gasteiger partial charge in [0.25, 0.3) is 5.91 Å². The maximum absolute atomic E-state index is 13.7. The largest absolute Gasteiger partial charge is 0.444 e. The SMILES string of the molecule is CC(C)(C)OC(=O)NCCC[C@@H](CNC(=O)c1nc2cc(-c3ccc(F)cc3)cc(-c3ccc(F)cc3)c2[nH]1)NC(=O)OC(C)(C)C. The highest BCUT2D eigenvalue weighted by atomic mass is 19.1. The van der Waals surface area contributed by atoms with Gasteiger partial charge in [-0.25, -0.2) is 23.4 Å². The Balaban J connectivity index is 1.53. The van der Waals surface area contributed by atoms with Crippen LogP contribution in [0.5, 0.6) is 0 Å². The third kappa shape index (κ3) is 10.5. The molecule has 1 aromatic heterocycles. The first kappa shape index (κ1) is 34.9. The van der Waals surface area contributed by atoms with Gasteiger partial charge in [-0.2, -0.15) is 0 Å². The van der Waals surface area contributed by atoms with E-state index in [9.17, 15) is 23.2 Å². The molecule has 0 fully saturated rings. The van der Waals surface area contributed by atoms with Crippen LogP contribution in [0.15, 0.2) is 60.7 Å². The highest BCUT2D eigenvalue weighted by molar-refractivity contribution is 6.00. The average Bonchev–Trinajstić information content (AvgIpc) is 3.41. The summed E-state index contributed by atoms with van der Waals surface area (Å²) < 4.78 is 38.0. The van der Waals surface area contributed by atoms with Gasteiger partial charge in [-0.1, -0.05) is 24.3 Å². The fourth-order valence-corrected chi connectivity index (χ4v) is 4.74. The van der Waals surface area contributed by atoms with Crippen molar-refractivity contribution in [1.29, 1.82) is 0 Å². The molecule has 4 N–H and O–H groups in total. The minimum absolute atomic E-state index is 0.0298. The molecule has 10 nitrogen and oxygen atoms in total. The lowest BCUT2D eigenvalue weighted by Crippen LogP contribution is -2.46. The van der Waals surface area contributed by atoms with Gasteiger partial charge in [-0.3, -0.25) is 4.79 Å². The number of aromatic nitrogens is 2. The number of hydrogen-bond acceptors (Lipinski definition) is 6. The van der Waals surface area contributed by atoms with E-state index in [4.69, 9.17) is 9.47 Å². The van der Waals surface area contributed by atoms with Crippen molar-refractivity contribution in [2.45, 2.75) is 71.6 Å². The number of carbonyl (C=O) groups excluding carboxylic acids is 3. The zero-order valence-electron chi connectivity index (χ0n) is 27.4. The number of nitrogens with one attached hydrogen (secondary N) is 4. The molecule has 3 aromatic carbocycles. The van der Waals surface area contributed by atoms with Crippen molar-refractivity contribution < 1.29 is 32.6 Å². The van der Waals surface area contributed by atoms with Crippen LogP contribution in [-0.4, -0.2) is 58.4 Å². The maximum atomic E-state index is 13.7. The minimum Gasteiger partial charge on any atom is -0.444 e. The first-order valence-corrected chi connectivity index (χ1v) is 15.4. The van der Waals surface area contributed by atoms with Crippen molar-refractivity contribution in [2.24, 2.45) is 0 Å². The van der Waals surface area contributed by atoms with Crippen LogP contribution in [-0.2, 0) is 9.47 Å². The zero-order chi connectivity index (χ0) is 34.4. The number of amides is 3. The normalized spacial score (nSPS) is 12.3. The second-order valence-electron chi connectivity index (χ2n) is 13.1. The quantitative estimate of drug-likeness (QED) is 0.135. The first-order chi connectivity index (χ1) is 22.1. The van der Waals surface area contributed by atoms with Crippen molar-refractivity contribution in [3.8, 4) is 22.3 Å². The van der Waals surface area contributed by atoms with Gasteiger partial charge in [0.05, 0.1) is 11.0 Å². The number of rotatable bonds is 10. The molecule has 4 rings (SSSR count). The Bertz CT molecular complexity index is 1710. The van der Waals surface area contributed by atoms with Gasteiger partial charge >= 0.3 is 12.2 Å². The number of halogens is 2. The Labute approximate surface area is 272 Å². The van der Waals surface area contributed by atoms with E-state index < -0.39 is 35.3 Å². The molecule has 0 bridgehead atoms. The molecule has 4 aromatic rings. The summed E-state index contributed by atoms with van der Waals surface area (Å²) in [7, 11) is 0. The summed E-state index contributed by atoms with van der Waals surface area (Å²) in [4.78, 5) is 45.6. The molecule has 0 aliphatic heterocycles. The molecule has 0 saturated heterocycles. The van der Waals surface area contributed by atoms with Gasteiger partial charge < -0.3 is 30.4 Å². The van der Waals surface area contributed by atoms with Crippen LogP contribution < -0.4 is 16.0 Å². The van der Waals surface area contributed by atoms with Crippen molar-refractivity contribution in [3.63, 3.8) is 0 Å². The molecule has 3 amide bonds. The number of benzene rings is 3. The van der Waals surface area contributed by atoms with Crippen LogP contribution in [0.25, 0.3) is 33.3 Å². The molecule has 12 heteroatoms. The number of nitrogens with zero attached hydrogens (tertiary/aromatic N) is 1.